The molecule has 0 aliphatic carbocycles. The second kappa shape index (κ2) is 4.45. The molecule has 0 atom stereocenters. The average molecular weight is 176 g/mol. The highest BCUT2D eigenvalue weighted by Crippen LogP contribution is 2.17. The summed E-state index contributed by atoms with van der Waals surface area (Å²) in [6, 6.07) is 6.57. The molecule has 2 nitrogen and oxygen atoms in total. The molecule has 0 aliphatic rings. The number of phenols is 1. The molecular formula is C11H12O2. The first kappa shape index (κ1) is 9.52. The second-order valence-electron chi connectivity index (χ2n) is 2.77. The van der Waals surface area contributed by atoms with Crippen molar-refractivity contribution in [1.82, 2.24) is 0 Å². The minimum atomic E-state index is -0.0435. The molecule has 0 saturated heterocycles. The van der Waals surface area contributed by atoms with E-state index >= 15 is 0 Å². The lowest BCUT2D eigenvalue weighted by atomic mass is 10.1. The lowest BCUT2D eigenvalue weighted by molar-refractivity contribution is 0.0981. The highest BCUT2D eigenvalue weighted by Gasteiger charge is 2.08. The van der Waals surface area contributed by atoms with Gasteiger partial charge in [0.25, 0.3) is 0 Å². The standard InChI is InChI=1S/C11H12O2/c1-2-3-7-10(12)9-6-4-5-8-11(9)13/h2,4-6,8,13H,1,3,7H2. The number of Topliss-reactive ketones (excluding diaryl/α,β-unsaturated/α-hetero) is 1. The van der Waals surface area contributed by atoms with Crippen LogP contribution in [0.3, 0.4) is 0 Å². The normalized spacial score (nSPS) is 9.54. The van der Waals surface area contributed by atoms with Crippen molar-refractivity contribution in [3.63, 3.8) is 0 Å². The van der Waals surface area contributed by atoms with E-state index in [9.17, 15) is 9.90 Å². The molecule has 68 valence electrons. The van der Waals surface area contributed by atoms with Crippen LogP contribution in [0.15, 0.2) is 36.9 Å². The van der Waals surface area contributed by atoms with Crippen molar-refractivity contribution in [2.45, 2.75) is 12.8 Å². The van der Waals surface area contributed by atoms with Crippen molar-refractivity contribution in [2.75, 3.05) is 0 Å². The Bertz CT molecular complexity index is 316. The number of allylic oxidation sites excluding steroid dienone is 1. The Labute approximate surface area is 77.5 Å². The first-order chi connectivity index (χ1) is 6.25. The van der Waals surface area contributed by atoms with E-state index in [1.807, 2.05) is 0 Å². The van der Waals surface area contributed by atoms with Crippen molar-refractivity contribution in [1.29, 1.82) is 0 Å². The van der Waals surface area contributed by atoms with Crippen molar-refractivity contribution < 1.29 is 9.90 Å². The molecule has 13 heavy (non-hydrogen) atoms. The maximum Gasteiger partial charge on any atom is 0.166 e. The fourth-order valence-electron chi connectivity index (χ4n) is 1.08. The van der Waals surface area contributed by atoms with Crippen LogP contribution in [-0.2, 0) is 0 Å². The average Bonchev–Trinajstić information content (AvgIpc) is 2.15. The predicted molar refractivity (Wildman–Crippen MR) is 51.9 cm³/mol. The van der Waals surface area contributed by atoms with Gasteiger partial charge in [-0.1, -0.05) is 18.2 Å². The molecule has 1 aromatic rings. The number of rotatable bonds is 4. The van der Waals surface area contributed by atoms with Gasteiger partial charge in [-0.25, -0.2) is 0 Å². The molecule has 1 rings (SSSR count). The van der Waals surface area contributed by atoms with Crippen LogP contribution in [0, 0.1) is 0 Å². The van der Waals surface area contributed by atoms with Gasteiger partial charge in [0.15, 0.2) is 5.78 Å². The van der Waals surface area contributed by atoms with Gasteiger partial charge in [0.1, 0.15) is 5.75 Å². The van der Waals surface area contributed by atoms with Crippen LogP contribution in [0.1, 0.15) is 23.2 Å². The van der Waals surface area contributed by atoms with Gasteiger partial charge in [-0.15, -0.1) is 6.58 Å². The zero-order chi connectivity index (χ0) is 9.68. The molecule has 0 bridgehead atoms. The number of hydrogen-bond acceptors (Lipinski definition) is 2. The molecule has 0 heterocycles. The fourth-order valence-corrected chi connectivity index (χ4v) is 1.08. The van der Waals surface area contributed by atoms with Gasteiger partial charge >= 0.3 is 0 Å². The number of hydrogen-bond donors (Lipinski definition) is 1. The first-order valence-electron chi connectivity index (χ1n) is 4.18. The number of para-hydroxylation sites is 1. The number of phenolic OH excluding ortho intramolecular Hbond substituents is 1. The van der Waals surface area contributed by atoms with Crippen molar-refractivity contribution in [2.24, 2.45) is 0 Å². The molecule has 0 fully saturated rings. The minimum Gasteiger partial charge on any atom is -0.507 e. The van der Waals surface area contributed by atoms with E-state index in [4.69, 9.17) is 0 Å². The van der Waals surface area contributed by atoms with Crippen molar-refractivity contribution >= 4 is 5.78 Å². The van der Waals surface area contributed by atoms with Crippen LogP contribution in [0.5, 0.6) is 5.75 Å². The quantitative estimate of drug-likeness (QED) is 0.565. The molecule has 0 spiro atoms. The number of carbonyl (C=O) groups is 1. The molecule has 1 aromatic carbocycles. The van der Waals surface area contributed by atoms with Gasteiger partial charge in [0.05, 0.1) is 5.56 Å². The predicted octanol–water partition coefficient (Wildman–Crippen LogP) is 2.54. The number of aromatic hydroxyl groups is 1. The maximum absolute atomic E-state index is 11.4. The lowest BCUT2D eigenvalue weighted by Gasteiger charge is -2.00. The summed E-state index contributed by atoms with van der Waals surface area (Å²) in [7, 11) is 0. The summed E-state index contributed by atoms with van der Waals surface area (Å²) in [5, 5.41) is 9.33. The van der Waals surface area contributed by atoms with E-state index in [-0.39, 0.29) is 11.5 Å². The molecule has 2 heteroatoms. The molecule has 0 aliphatic heterocycles. The Morgan fingerprint density at radius 1 is 1.46 bits per heavy atom. The Hall–Kier alpha value is -1.57. The summed E-state index contributed by atoms with van der Waals surface area (Å²) >= 11 is 0. The maximum atomic E-state index is 11.4. The summed E-state index contributed by atoms with van der Waals surface area (Å²) in [6.45, 7) is 3.53. The fraction of sp³-hybridized carbons (Fsp3) is 0.182. The SMILES string of the molecule is C=CCCC(=O)c1ccccc1O. The van der Waals surface area contributed by atoms with E-state index in [2.05, 4.69) is 6.58 Å². The first-order valence-corrected chi connectivity index (χ1v) is 4.18. The summed E-state index contributed by atoms with van der Waals surface area (Å²) in [4.78, 5) is 11.4. The Balaban J connectivity index is 2.76. The van der Waals surface area contributed by atoms with Gasteiger partial charge in [-0.05, 0) is 18.6 Å². The number of benzene rings is 1. The van der Waals surface area contributed by atoms with Crippen LogP contribution in [0.2, 0.25) is 0 Å². The second-order valence-corrected chi connectivity index (χ2v) is 2.77. The molecular weight excluding hydrogens is 164 g/mol. The van der Waals surface area contributed by atoms with Gasteiger partial charge in [-0.3, -0.25) is 4.79 Å². The highest BCUT2D eigenvalue weighted by atomic mass is 16.3. The van der Waals surface area contributed by atoms with Gasteiger partial charge in [0.2, 0.25) is 0 Å². The van der Waals surface area contributed by atoms with E-state index in [1.54, 1.807) is 24.3 Å². The minimum absolute atomic E-state index is 0.0435. The van der Waals surface area contributed by atoms with Crippen LogP contribution in [0.25, 0.3) is 0 Å². The molecule has 0 unspecified atom stereocenters. The van der Waals surface area contributed by atoms with Crippen molar-refractivity contribution in [3.05, 3.63) is 42.5 Å². The third kappa shape index (κ3) is 2.44. The summed E-state index contributed by atoms with van der Waals surface area (Å²) in [5.41, 5.74) is 0.393. The highest BCUT2D eigenvalue weighted by molar-refractivity contribution is 5.98. The summed E-state index contributed by atoms with van der Waals surface area (Å²) < 4.78 is 0. The molecule has 0 radical (unpaired) electrons. The van der Waals surface area contributed by atoms with E-state index < -0.39 is 0 Å². The third-order valence-electron chi connectivity index (χ3n) is 1.78. The van der Waals surface area contributed by atoms with Crippen molar-refractivity contribution in [3.8, 4) is 5.75 Å². The van der Waals surface area contributed by atoms with Crippen LogP contribution < -0.4 is 0 Å². The van der Waals surface area contributed by atoms with E-state index in [0.717, 1.165) is 0 Å². The zero-order valence-electron chi connectivity index (χ0n) is 7.36. The van der Waals surface area contributed by atoms with Crippen LogP contribution in [-0.4, -0.2) is 10.9 Å². The monoisotopic (exact) mass is 176 g/mol. The summed E-state index contributed by atoms with van der Waals surface area (Å²) in [6.07, 6.45) is 2.74. The van der Waals surface area contributed by atoms with E-state index in [0.29, 0.717) is 18.4 Å². The Morgan fingerprint density at radius 2 is 2.15 bits per heavy atom. The van der Waals surface area contributed by atoms with E-state index in [1.165, 1.54) is 6.07 Å². The topological polar surface area (TPSA) is 37.3 Å². The Kier molecular flexibility index (Phi) is 3.26. The third-order valence-corrected chi connectivity index (χ3v) is 1.78. The van der Waals surface area contributed by atoms with Gasteiger partial charge in [0, 0.05) is 6.42 Å². The molecule has 0 amide bonds. The summed E-state index contributed by atoms with van der Waals surface area (Å²) in [5.74, 6) is 0.00885. The van der Waals surface area contributed by atoms with Gasteiger partial charge < -0.3 is 5.11 Å². The molecule has 0 saturated carbocycles. The van der Waals surface area contributed by atoms with Gasteiger partial charge in [-0.2, -0.15) is 0 Å². The smallest absolute Gasteiger partial charge is 0.166 e. The molecule has 0 aromatic heterocycles. The van der Waals surface area contributed by atoms with Crippen LogP contribution >= 0.6 is 0 Å². The Morgan fingerprint density at radius 3 is 2.77 bits per heavy atom. The zero-order valence-corrected chi connectivity index (χ0v) is 7.36. The largest absolute Gasteiger partial charge is 0.507 e. The lowest BCUT2D eigenvalue weighted by Crippen LogP contribution is -1.97. The van der Waals surface area contributed by atoms with Crippen LogP contribution in [0.4, 0.5) is 0 Å². The number of ketones is 1. The molecule has 1 N–H and O–H groups in total. The number of carbonyl (C=O) groups excluding carboxylic acids is 1.